The van der Waals surface area contributed by atoms with E-state index in [0.717, 1.165) is 10.9 Å². The van der Waals surface area contributed by atoms with Gasteiger partial charge in [0.25, 0.3) is 0 Å². The van der Waals surface area contributed by atoms with Crippen molar-refractivity contribution in [2.24, 2.45) is 0 Å². The number of aliphatic hydroxyl groups excluding tert-OH is 3. The highest BCUT2D eigenvalue weighted by Gasteiger charge is 2.50. The molecule has 1 saturated heterocycles. The molecule has 11 nitrogen and oxygen atoms in total. The Morgan fingerprint density at radius 3 is 2.47 bits per heavy atom. The maximum atomic E-state index is 13.7. The highest BCUT2D eigenvalue weighted by molar-refractivity contribution is 5.73. The number of carbonyl (C=O) groups is 1. The van der Waals surface area contributed by atoms with Gasteiger partial charge in [0.1, 0.15) is 41.9 Å². The van der Waals surface area contributed by atoms with Crippen LogP contribution in [0.2, 0.25) is 0 Å². The van der Waals surface area contributed by atoms with E-state index in [1.54, 1.807) is 24.3 Å². The molecule has 4 N–H and O–H groups in total. The number of hydrogen-bond acceptors (Lipinski definition) is 9. The molecule has 14 heteroatoms. The molecular formula is C24H24F3N3O8. The summed E-state index contributed by atoms with van der Waals surface area (Å²) in [6.45, 7) is -0.991. The van der Waals surface area contributed by atoms with E-state index >= 15 is 0 Å². The summed E-state index contributed by atoms with van der Waals surface area (Å²) in [7, 11) is 1.43. The molecule has 0 aliphatic carbocycles. The molecule has 2 unspecified atom stereocenters. The Morgan fingerprint density at radius 2 is 1.84 bits per heavy atom. The summed E-state index contributed by atoms with van der Waals surface area (Å²) < 4.78 is 58.0. The first-order valence-corrected chi connectivity index (χ1v) is 11.3. The van der Waals surface area contributed by atoms with Gasteiger partial charge in [0, 0.05) is 11.1 Å². The van der Waals surface area contributed by atoms with Gasteiger partial charge >= 0.3 is 5.97 Å². The molecule has 1 aromatic heterocycles. The van der Waals surface area contributed by atoms with Gasteiger partial charge in [-0.15, -0.1) is 5.10 Å². The normalized spacial score (nSPS) is 24.2. The maximum Gasteiger partial charge on any atom is 0.335 e. The molecule has 0 bridgehead atoms. The lowest BCUT2D eigenvalue weighted by molar-refractivity contribution is -0.238. The fourth-order valence-corrected chi connectivity index (χ4v) is 4.26. The third-order valence-corrected chi connectivity index (χ3v) is 6.18. The van der Waals surface area contributed by atoms with Crippen LogP contribution in [-0.2, 0) is 20.9 Å². The summed E-state index contributed by atoms with van der Waals surface area (Å²) in [5, 5.41) is 49.0. The van der Waals surface area contributed by atoms with Crippen molar-refractivity contribution < 1.29 is 52.6 Å². The van der Waals surface area contributed by atoms with Crippen molar-refractivity contribution in [1.29, 1.82) is 0 Å². The van der Waals surface area contributed by atoms with Gasteiger partial charge in [-0.2, -0.15) is 0 Å². The van der Waals surface area contributed by atoms with Crippen molar-refractivity contribution in [2.45, 2.75) is 43.2 Å². The van der Waals surface area contributed by atoms with Gasteiger partial charge in [-0.05, 0) is 18.2 Å². The molecule has 2 heterocycles. The summed E-state index contributed by atoms with van der Waals surface area (Å²) >= 11 is 0. The summed E-state index contributed by atoms with van der Waals surface area (Å²) in [4.78, 5) is 12.1. The van der Waals surface area contributed by atoms with Crippen LogP contribution in [0.3, 0.4) is 0 Å². The van der Waals surface area contributed by atoms with Gasteiger partial charge in [0.2, 0.25) is 0 Å². The van der Waals surface area contributed by atoms with Crippen LogP contribution in [0.4, 0.5) is 13.2 Å². The summed E-state index contributed by atoms with van der Waals surface area (Å²) in [6, 6.07) is 6.66. The lowest BCUT2D eigenvalue weighted by Crippen LogP contribution is -2.60. The van der Waals surface area contributed by atoms with Gasteiger partial charge in [-0.25, -0.2) is 22.6 Å². The van der Waals surface area contributed by atoms with Crippen molar-refractivity contribution in [3.8, 4) is 17.0 Å². The lowest BCUT2D eigenvalue weighted by Gasteiger charge is -2.43. The third kappa shape index (κ3) is 5.35. The molecule has 3 aromatic rings. The number of aromatic nitrogens is 3. The average molecular weight is 539 g/mol. The fourth-order valence-electron chi connectivity index (χ4n) is 4.26. The quantitative estimate of drug-likeness (QED) is 0.290. The topological polar surface area (TPSA) is 156 Å². The zero-order valence-corrected chi connectivity index (χ0v) is 19.8. The Hall–Kier alpha value is -3.56. The smallest absolute Gasteiger partial charge is 0.335 e. The molecule has 0 radical (unpaired) electrons. The second-order valence-electron chi connectivity index (χ2n) is 8.51. The van der Waals surface area contributed by atoms with Crippen LogP contribution in [0.15, 0.2) is 42.6 Å². The van der Waals surface area contributed by atoms with Crippen LogP contribution >= 0.6 is 0 Å². The van der Waals surface area contributed by atoms with E-state index in [4.69, 9.17) is 14.2 Å². The number of hydrogen-bond donors (Lipinski definition) is 4. The molecule has 0 saturated carbocycles. The predicted molar refractivity (Wildman–Crippen MR) is 121 cm³/mol. The van der Waals surface area contributed by atoms with Crippen LogP contribution in [0.25, 0.3) is 11.3 Å². The number of methoxy groups -OCH3 is 1. The molecule has 1 fully saturated rings. The standard InChI is InChI=1S/C24H24F3N3O8/c1-36-16-5-3-2-4-11(16)10-37-23(24(34)35)22-21(33)19(20(32)17(9-31)38-22)30-8-15(28-29-30)12-6-13(25)18(27)14(26)7-12/h2-8,17,19-23,31-33H,9-10H2,1H3,(H,34,35)/t17?,19-,20-,21?,22+,23-/m0/s1. The van der Waals surface area contributed by atoms with Crippen LogP contribution in [0.1, 0.15) is 11.6 Å². The van der Waals surface area contributed by atoms with Gasteiger partial charge in [0.15, 0.2) is 23.6 Å². The van der Waals surface area contributed by atoms with Crippen LogP contribution < -0.4 is 4.74 Å². The Labute approximate surface area is 213 Å². The van der Waals surface area contributed by atoms with E-state index in [1.165, 1.54) is 7.11 Å². The molecule has 38 heavy (non-hydrogen) atoms. The first-order valence-electron chi connectivity index (χ1n) is 11.3. The number of nitrogens with zero attached hydrogens (tertiary/aromatic N) is 3. The maximum absolute atomic E-state index is 13.7. The van der Waals surface area contributed by atoms with E-state index in [0.29, 0.717) is 23.4 Å². The Kier molecular flexibility index (Phi) is 8.28. The fraction of sp³-hybridized carbons (Fsp3) is 0.375. The minimum Gasteiger partial charge on any atom is -0.496 e. The van der Waals surface area contributed by atoms with Crippen molar-refractivity contribution in [3.63, 3.8) is 0 Å². The summed E-state index contributed by atoms with van der Waals surface area (Å²) in [5.74, 6) is -5.65. The van der Waals surface area contributed by atoms with E-state index in [1.807, 2.05) is 0 Å². The average Bonchev–Trinajstić information content (AvgIpc) is 3.38. The van der Waals surface area contributed by atoms with Crippen molar-refractivity contribution in [3.05, 3.63) is 65.6 Å². The van der Waals surface area contributed by atoms with E-state index < -0.39 is 66.6 Å². The molecule has 0 amide bonds. The van der Waals surface area contributed by atoms with Gasteiger partial charge in [-0.3, -0.25) is 0 Å². The monoisotopic (exact) mass is 539 g/mol. The number of benzene rings is 2. The summed E-state index contributed by atoms with van der Waals surface area (Å²) in [5.41, 5.74) is 0.206. The Bertz CT molecular complexity index is 1270. The zero-order valence-electron chi connectivity index (χ0n) is 19.8. The summed E-state index contributed by atoms with van der Waals surface area (Å²) in [6.07, 6.45) is -6.97. The van der Waals surface area contributed by atoms with Gasteiger partial charge < -0.3 is 34.6 Å². The SMILES string of the molecule is COc1ccccc1CO[C@H](C(=O)O)[C@@H]1OC(CO)[C@H](O)[C@H](n2cc(-c3cc(F)c(F)c(F)c3)nn2)C1O. The first kappa shape index (κ1) is 27.5. The highest BCUT2D eigenvalue weighted by atomic mass is 19.2. The number of aliphatic hydroxyl groups is 3. The van der Waals surface area contributed by atoms with E-state index in [9.17, 15) is 38.4 Å². The number of para-hydroxylation sites is 1. The Morgan fingerprint density at radius 1 is 1.16 bits per heavy atom. The highest BCUT2D eigenvalue weighted by Crippen LogP contribution is 2.34. The molecule has 1 aliphatic heterocycles. The number of rotatable bonds is 9. The minimum atomic E-state index is -1.76. The van der Waals surface area contributed by atoms with Crippen LogP contribution in [0.5, 0.6) is 5.75 Å². The van der Waals surface area contributed by atoms with E-state index in [-0.39, 0.29) is 17.9 Å². The van der Waals surface area contributed by atoms with Crippen molar-refractivity contribution in [2.75, 3.05) is 13.7 Å². The molecule has 2 aromatic carbocycles. The third-order valence-electron chi connectivity index (χ3n) is 6.18. The molecule has 204 valence electrons. The van der Waals surface area contributed by atoms with E-state index in [2.05, 4.69) is 10.3 Å². The van der Waals surface area contributed by atoms with Crippen molar-refractivity contribution in [1.82, 2.24) is 15.0 Å². The van der Waals surface area contributed by atoms with Gasteiger partial charge in [-0.1, -0.05) is 23.4 Å². The largest absolute Gasteiger partial charge is 0.496 e. The molecule has 1 aliphatic rings. The van der Waals surface area contributed by atoms with Crippen LogP contribution in [-0.4, -0.2) is 85.6 Å². The minimum absolute atomic E-state index is 0.131. The molecular weight excluding hydrogens is 515 g/mol. The molecule has 4 rings (SSSR count). The second kappa shape index (κ2) is 11.4. The van der Waals surface area contributed by atoms with Gasteiger partial charge in [0.05, 0.1) is 26.5 Å². The predicted octanol–water partition coefficient (Wildman–Crippen LogP) is 1.06. The van der Waals surface area contributed by atoms with Crippen LogP contribution in [0, 0.1) is 17.5 Å². The number of carboxylic acids is 1. The molecule has 0 spiro atoms. The zero-order chi connectivity index (χ0) is 27.6. The molecule has 6 atom stereocenters. The lowest BCUT2D eigenvalue weighted by atomic mass is 9.90. The number of ether oxygens (including phenoxy) is 3. The second-order valence-corrected chi connectivity index (χ2v) is 8.51. The number of carboxylic acid groups (broad SMARTS) is 1. The first-order chi connectivity index (χ1) is 18.2. The number of aliphatic carboxylic acids is 1. The Balaban J connectivity index is 1.62. The number of halogens is 3. The van der Waals surface area contributed by atoms with Crippen molar-refractivity contribution >= 4 is 5.97 Å².